The fraction of sp³-hybridized carbons (Fsp3) is 0.316. The highest BCUT2D eigenvalue weighted by atomic mass is 79.9. The van der Waals surface area contributed by atoms with Gasteiger partial charge in [-0.1, -0.05) is 30.3 Å². The van der Waals surface area contributed by atoms with Gasteiger partial charge in [0.2, 0.25) is 0 Å². The number of ether oxygens (including phenoxy) is 1. The molecule has 0 aromatic heterocycles. The van der Waals surface area contributed by atoms with Gasteiger partial charge in [-0.05, 0) is 59.0 Å². The molecule has 1 fully saturated rings. The van der Waals surface area contributed by atoms with Crippen molar-refractivity contribution in [3.63, 3.8) is 0 Å². The predicted molar refractivity (Wildman–Crippen MR) is 94.9 cm³/mol. The third-order valence-electron chi connectivity index (χ3n) is 4.35. The summed E-state index contributed by atoms with van der Waals surface area (Å²) in [5.74, 6) is 0.843. The summed E-state index contributed by atoms with van der Waals surface area (Å²) in [6, 6.07) is 16.2. The molecule has 4 heteroatoms. The van der Waals surface area contributed by atoms with Gasteiger partial charge in [-0.25, -0.2) is 0 Å². The predicted octanol–water partition coefficient (Wildman–Crippen LogP) is 4.31. The molecule has 0 bridgehead atoms. The Kier molecular flexibility index (Phi) is 5.01. The van der Waals surface area contributed by atoms with Crippen molar-refractivity contribution in [3.05, 3.63) is 64.1 Å². The summed E-state index contributed by atoms with van der Waals surface area (Å²) in [5.41, 5.74) is 1.99. The van der Waals surface area contributed by atoms with Crippen LogP contribution in [0.4, 0.5) is 0 Å². The molecule has 3 nitrogen and oxygen atoms in total. The molecule has 3 rings (SSSR count). The minimum Gasteiger partial charge on any atom is -0.496 e. The van der Waals surface area contributed by atoms with Crippen LogP contribution in [-0.2, 0) is 6.42 Å². The highest BCUT2D eigenvalue weighted by Gasteiger charge is 2.29. The number of likely N-dealkylation sites (tertiary alicyclic amines) is 1. The van der Waals surface area contributed by atoms with Crippen LogP contribution in [0.1, 0.15) is 28.8 Å². The number of rotatable bonds is 4. The van der Waals surface area contributed by atoms with Gasteiger partial charge in [-0.2, -0.15) is 0 Å². The van der Waals surface area contributed by atoms with Crippen LogP contribution in [0.3, 0.4) is 0 Å². The number of methoxy groups -OCH3 is 1. The zero-order chi connectivity index (χ0) is 16.2. The van der Waals surface area contributed by atoms with Gasteiger partial charge >= 0.3 is 0 Å². The van der Waals surface area contributed by atoms with Crippen molar-refractivity contribution in [1.82, 2.24) is 4.90 Å². The highest BCUT2D eigenvalue weighted by molar-refractivity contribution is 9.10. The minimum atomic E-state index is 0.104. The summed E-state index contributed by atoms with van der Waals surface area (Å²) in [7, 11) is 1.62. The molecule has 0 N–H and O–H groups in total. The maximum absolute atomic E-state index is 12.9. The van der Waals surface area contributed by atoms with Crippen LogP contribution in [0, 0.1) is 0 Å². The first-order chi connectivity index (χ1) is 11.2. The number of carbonyl (C=O) groups excluding carboxylic acids is 1. The van der Waals surface area contributed by atoms with Crippen molar-refractivity contribution in [2.45, 2.75) is 25.3 Å². The Morgan fingerprint density at radius 3 is 2.74 bits per heavy atom. The van der Waals surface area contributed by atoms with Gasteiger partial charge < -0.3 is 9.64 Å². The quantitative estimate of drug-likeness (QED) is 0.799. The van der Waals surface area contributed by atoms with Crippen LogP contribution in [0.25, 0.3) is 0 Å². The summed E-state index contributed by atoms with van der Waals surface area (Å²) < 4.78 is 6.04. The molecule has 2 aromatic carbocycles. The smallest absolute Gasteiger partial charge is 0.254 e. The zero-order valence-electron chi connectivity index (χ0n) is 13.2. The molecule has 0 saturated carbocycles. The Balaban J connectivity index is 1.76. The monoisotopic (exact) mass is 373 g/mol. The number of amides is 1. The molecule has 1 atom stereocenters. The lowest BCUT2D eigenvalue weighted by molar-refractivity contribution is 0.0736. The molecule has 120 valence electrons. The molecule has 0 radical (unpaired) electrons. The Labute approximate surface area is 145 Å². The Hall–Kier alpha value is -1.81. The molecule has 1 aliphatic rings. The van der Waals surface area contributed by atoms with Gasteiger partial charge in [0.1, 0.15) is 5.75 Å². The largest absolute Gasteiger partial charge is 0.496 e. The van der Waals surface area contributed by atoms with Crippen LogP contribution >= 0.6 is 15.9 Å². The van der Waals surface area contributed by atoms with Crippen LogP contribution in [0.2, 0.25) is 0 Å². The van der Waals surface area contributed by atoms with E-state index in [-0.39, 0.29) is 11.9 Å². The van der Waals surface area contributed by atoms with Crippen molar-refractivity contribution in [3.8, 4) is 5.75 Å². The van der Waals surface area contributed by atoms with Gasteiger partial charge in [0.25, 0.3) is 5.91 Å². The third-order valence-corrected chi connectivity index (χ3v) is 4.97. The second-order valence-corrected chi connectivity index (χ2v) is 6.69. The lowest BCUT2D eigenvalue weighted by Crippen LogP contribution is -2.36. The van der Waals surface area contributed by atoms with Crippen molar-refractivity contribution in [2.24, 2.45) is 0 Å². The lowest BCUT2D eigenvalue weighted by Gasteiger charge is -2.25. The van der Waals surface area contributed by atoms with E-state index in [0.717, 1.165) is 36.0 Å². The van der Waals surface area contributed by atoms with Gasteiger partial charge in [-0.3, -0.25) is 4.79 Å². The Bertz CT molecular complexity index is 687. The standard InChI is InChI=1S/C19H20BrNO2/c1-23-18-10-9-15(13-17(18)20)19(22)21-11-5-8-16(21)12-14-6-3-2-4-7-14/h2-4,6-7,9-10,13,16H,5,8,11-12H2,1H3/t16-/m1/s1. The molecular formula is C19H20BrNO2. The van der Waals surface area contributed by atoms with E-state index in [1.165, 1.54) is 5.56 Å². The zero-order valence-corrected chi connectivity index (χ0v) is 14.8. The maximum atomic E-state index is 12.9. The van der Waals surface area contributed by atoms with Gasteiger partial charge in [0, 0.05) is 18.2 Å². The van der Waals surface area contributed by atoms with E-state index in [1.807, 2.05) is 29.2 Å². The second-order valence-electron chi connectivity index (χ2n) is 5.83. The summed E-state index contributed by atoms with van der Waals surface area (Å²) >= 11 is 3.46. The molecule has 0 unspecified atom stereocenters. The normalized spacial score (nSPS) is 17.3. The minimum absolute atomic E-state index is 0.104. The van der Waals surface area contributed by atoms with Gasteiger partial charge in [-0.15, -0.1) is 0 Å². The first-order valence-electron chi connectivity index (χ1n) is 7.87. The van der Waals surface area contributed by atoms with E-state index in [1.54, 1.807) is 7.11 Å². The van der Waals surface area contributed by atoms with E-state index in [2.05, 4.69) is 40.2 Å². The van der Waals surface area contributed by atoms with Crippen molar-refractivity contribution in [2.75, 3.05) is 13.7 Å². The van der Waals surface area contributed by atoms with Crippen LogP contribution in [-0.4, -0.2) is 30.5 Å². The third kappa shape index (κ3) is 3.58. The topological polar surface area (TPSA) is 29.5 Å². The molecule has 1 amide bonds. The highest BCUT2D eigenvalue weighted by Crippen LogP contribution is 2.28. The fourth-order valence-corrected chi connectivity index (χ4v) is 3.71. The number of halogens is 1. The van der Waals surface area contributed by atoms with Crippen LogP contribution in [0.15, 0.2) is 53.0 Å². The number of hydrogen-bond acceptors (Lipinski definition) is 2. The first kappa shape index (κ1) is 16.1. The van der Waals surface area contributed by atoms with Crippen molar-refractivity contribution >= 4 is 21.8 Å². The molecule has 0 aliphatic carbocycles. The number of benzene rings is 2. The van der Waals surface area contributed by atoms with Crippen LogP contribution in [0.5, 0.6) is 5.75 Å². The number of carbonyl (C=O) groups is 1. The summed E-state index contributed by atoms with van der Waals surface area (Å²) in [4.78, 5) is 14.9. The Morgan fingerprint density at radius 1 is 1.26 bits per heavy atom. The fourth-order valence-electron chi connectivity index (χ4n) is 3.17. The van der Waals surface area contributed by atoms with Crippen LogP contribution < -0.4 is 4.74 Å². The van der Waals surface area contributed by atoms with E-state index in [0.29, 0.717) is 5.56 Å². The number of hydrogen-bond donors (Lipinski definition) is 0. The van der Waals surface area contributed by atoms with Gasteiger partial charge in [0.15, 0.2) is 0 Å². The maximum Gasteiger partial charge on any atom is 0.254 e. The van der Waals surface area contributed by atoms with E-state index >= 15 is 0 Å². The molecule has 1 saturated heterocycles. The lowest BCUT2D eigenvalue weighted by atomic mass is 10.0. The van der Waals surface area contributed by atoms with Crippen molar-refractivity contribution in [1.29, 1.82) is 0 Å². The molecule has 1 heterocycles. The molecule has 2 aromatic rings. The summed E-state index contributed by atoms with van der Waals surface area (Å²) in [5, 5.41) is 0. The molecule has 1 aliphatic heterocycles. The summed E-state index contributed by atoms with van der Waals surface area (Å²) in [6.45, 7) is 0.833. The Morgan fingerprint density at radius 2 is 2.04 bits per heavy atom. The SMILES string of the molecule is COc1ccc(C(=O)N2CCC[C@@H]2Cc2ccccc2)cc1Br. The van der Waals surface area contributed by atoms with Crippen molar-refractivity contribution < 1.29 is 9.53 Å². The average molecular weight is 374 g/mol. The summed E-state index contributed by atoms with van der Waals surface area (Å²) in [6.07, 6.45) is 3.06. The van der Waals surface area contributed by atoms with E-state index in [9.17, 15) is 4.79 Å². The second kappa shape index (κ2) is 7.18. The molecular weight excluding hydrogens is 354 g/mol. The first-order valence-corrected chi connectivity index (χ1v) is 8.67. The molecule has 23 heavy (non-hydrogen) atoms. The van der Waals surface area contributed by atoms with Gasteiger partial charge in [0.05, 0.1) is 11.6 Å². The van der Waals surface area contributed by atoms with E-state index in [4.69, 9.17) is 4.74 Å². The van der Waals surface area contributed by atoms with E-state index < -0.39 is 0 Å². The molecule has 0 spiro atoms. The number of nitrogens with zero attached hydrogens (tertiary/aromatic N) is 1. The average Bonchev–Trinajstić information content (AvgIpc) is 3.03.